The minimum atomic E-state index is 0.512. The topological polar surface area (TPSA) is 63.2 Å². The summed E-state index contributed by atoms with van der Waals surface area (Å²) in [5, 5.41) is 4.54. The quantitative estimate of drug-likeness (QED) is 0.909. The number of nitrogens with one attached hydrogen (secondary N) is 1. The van der Waals surface area contributed by atoms with E-state index in [1.54, 1.807) is 19.6 Å². The van der Waals surface area contributed by atoms with Gasteiger partial charge in [-0.15, -0.1) is 0 Å². The van der Waals surface area contributed by atoms with Gasteiger partial charge in [0.15, 0.2) is 0 Å². The van der Waals surface area contributed by atoms with Crippen molar-refractivity contribution in [3.05, 3.63) is 18.6 Å². The second-order valence-corrected chi connectivity index (χ2v) is 6.35. The van der Waals surface area contributed by atoms with Crippen LogP contribution < -0.4 is 15.0 Å². The fourth-order valence-electron chi connectivity index (χ4n) is 3.71. The molecular weight excluding hydrogens is 278 g/mol. The number of hydrogen-bond donors (Lipinski definition) is 1. The maximum absolute atomic E-state index is 5.25. The van der Waals surface area contributed by atoms with Crippen molar-refractivity contribution in [1.82, 2.24) is 20.3 Å². The number of pyridine rings is 1. The Hall–Kier alpha value is -1.95. The first-order valence-corrected chi connectivity index (χ1v) is 7.90. The SMILES string of the molecule is COc1cc2c(N3CCC4(CCNC4)CC3)ncnc2cn1. The Morgan fingerprint density at radius 3 is 2.77 bits per heavy atom. The summed E-state index contributed by atoms with van der Waals surface area (Å²) in [6.07, 6.45) is 7.16. The summed E-state index contributed by atoms with van der Waals surface area (Å²) in [5.41, 5.74) is 1.38. The molecule has 0 atom stereocenters. The predicted octanol–water partition coefficient (Wildman–Crippen LogP) is 1.61. The monoisotopic (exact) mass is 299 g/mol. The maximum atomic E-state index is 5.25. The smallest absolute Gasteiger partial charge is 0.213 e. The summed E-state index contributed by atoms with van der Waals surface area (Å²) < 4.78 is 5.25. The molecule has 0 aliphatic carbocycles. The Morgan fingerprint density at radius 2 is 2.05 bits per heavy atom. The van der Waals surface area contributed by atoms with Crippen molar-refractivity contribution in [2.24, 2.45) is 5.41 Å². The molecular formula is C16H21N5O. The number of ether oxygens (including phenoxy) is 1. The molecule has 2 aliphatic heterocycles. The number of nitrogens with zero attached hydrogens (tertiary/aromatic N) is 4. The van der Waals surface area contributed by atoms with Crippen molar-refractivity contribution < 1.29 is 4.74 Å². The van der Waals surface area contributed by atoms with Crippen molar-refractivity contribution in [2.75, 3.05) is 38.2 Å². The lowest BCUT2D eigenvalue weighted by Crippen LogP contribution is -2.41. The van der Waals surface area contributed by atoms with E-state index in [1.807, 2.05) is 6.07 Å². The van der Waals surface area contributed by atoms with Gasteiger partial charge in [0.05, 0.1) is 18.8 Å². The summed E-state index contributed by atoms with van der Waals surface area (Å²) in [6.45, 7) is 4.44. The Balaban J connectivity index is 1.64. The second kappa shape index (κ2) is 5.35. The van der Waals surface area contributed by atoms with Gasteiger partial charge in [-0.25, -0.2) is 15.0 Å². The molecule has 2 aromatic heterocycles. The highest BCUT2D eigenvalue weighted by Crippen LogP contribution is 2.38. The zero-order valence-electron chi connectivity index (χ0n) is 12.9. The van der Waals surface area contributed by atoms with E-state index in [4.69, 9.17) is 4.74 Å². The fraction of sp³-hybridized carbons (Fsp3) is 0.562. The molecule has 2 aliphatic rings. The van der Waals surface area contributed by atoms with Crippen LogP contribution in [0, 0.1) is 5.41 Å². The van der Waals surface area contributed by atoms with E-state index in [1.165, 1.54) is 32.4 Å². The number of piperidine rings is 1. The number of aromatic nitrogens is 3. The van der Waals surface area contributed by atoms with Crippen LogP contribution in [0.15, 0.2) is 18.6 Å². The number of hydrogen-bond acceptors (Lipinski definition) is 6. The van der Waals surface area contributed by atoms with E-state index in [0.29, 0.717) is 11.3 Å². The first kappa shape index (κ1) is 13.7. The first-order chi connectivity index (χ1) is 10.8. The van der Waals surface area contributed by atoms with Crippen LogP contribution in [0.3, 0.4) is 0 Å². The minimum Gasteiger partial charge on any atom is -0.481 e. The third-order valence-corrected chi connectivity index (χ3v) is 5.14. The van der Waals surface area contributed by atoms with Gasteiger partial charge in [0.2, 0.25) is 5.88 Å². The van der Waals surface area contributed by atoms with E-state index < -0.39 is 0 Å². The molecule has 4 rings (SSSR count). The van der Waals surface area contributed by atoms with E-state index >= 15 is 0 Å². The molecule has 2 fully saturated rings. The van der Waals surface area contributed by atoms with Gasteiger partial charge in [0.25, 0.3) is 0 Å². The highest BCUT2D eigenvalue weighted by Gasteiger charge is 2.37. The highest BCUT2D eigenvalue weighted by atomic mass is 16.5. The minimum absolute atomic E-state index is 0.512. The standard InChI is InChI=1S/C16H21N5O/c1-22-14-8-12-13(9-18-14)19-11-20-15(12)21-6-3-16(4-7-21)2-5-17-10-16/h8-9,11,17H,2-7,10H2,1H3. The molecule has 0 amide bonds. The lowest BCUT2D eigenvalue weighted by molar-refractivity contribution is 0.247. The van der Waals surface area contributed by atoms with E-state index in [-0.39, 0.29) is 0 Å². The molecule has 6 heteroatoms. The van der Waals surface area contributed by atoms with Crippen LogP contribution in [0.5, 0.6) is 5.88 Å². The molecule has 1 spiro atoms. The summed E-state index contributed by atoms with van der Waals surface area (Å²) >= 11 is 0. The molecule has 0 unspecified atom stereocenters. The van der Waals surface area contributed by atoms with Crippen LogP contribution in [-0.4, -0.2) is 48.2 Å². The molecule has 6 nitrogen and oxygen atoms in total. The van der Waals surface area contributed by atoms with Crippen LogP contribution >= 0.6 is 0 Å². The zero-order chi connectivity index (χ0) is 15.0. The molecule has 0 aromatic carbocycles. The van der Waals surface area contributed by atoms with E-state index in [0.717, 1.165) is 29.8 Å². The van der Waals surface area contributed by atoms with Gasteiger partial charge in [-0.3, -0.25) is 0 Å². The first-order valence-electron chi connectivity index (χ1n) is 7.90. The molecule has 1 N–H and O–H groups in total. The summed E-state index contributed by atoms with van der Waals surface area (Å²) in [5.74, 6) is 1.61. The van der Waals surface area contributed by atoms with Crippen LogP contribution in [0.1, 0.15) is 19.3 Å². The van der Waals surface area contributed by atoms with Crippen molar-refractivity contribution in [3.8, 4) is 5.88 Å². The van der Waals surface area contributed by atoms with Gasteiger partial charge in [-0.05, 0) is 31.2 Å². The normalized spacial score (nSPS) is 20.7. The molecule has 4 heterocycles. The average Bonchev–Trinajstić information content (AvgIpc) is 3.03. The van der Waals surface area contributed by atoms with Crippen molar-refractivity contribution in [3.63, 3.8) is 0 Å². The Bertz CT molecular complexity index is 673. The second-order valence-electron chi connectivity index (χ2n) is 6.35. The van der Waals surface area contributed by atoms with Gasteiger partial charge < -0.3 is 15.0 Å². The van der Waals surface area contributed by atoms with Gasteiger partial charge in [-0.2, -0.15) is 0 Å². The van der Waals surface area contributed by atoms with Crippen molar-refractivity contribution in [2.45, 2.75) is 19.3 Å². The Labute approximate surface area is 129 Å². The van der Waals surface area contributed by atoms with E-state index in [2.05, 4.69) is 25.2 Å². The lowest BCUT2D eigenvalue weighted by Gasteiger charge is -2.39. The number of rotatable bonds is 2. The molecule has 116 valence electrons. The fourth-order valence-corrected chi connectivity index (χ4v) is 3.71. The summed E-state index contributed by atoms with van der Waals surface area (Å²) in [4.78, 5) is 15.5. The van der Waals surface area contributed by atoms with Crippen LogP contribution in [0.4, 0.5) is 5.82 Å². The predicted molar refractivity (Wildman–Crippen MR) is 85.3 cm³/mol. The summed E-state index contributed by atoms with van der Waals surface area (Å²) in [7, 11) is 1.63. The molecule has 22 heavy (non-hydrogen) atoms. The van der Waals surface area contributed by atoms with E-state index in [9.17, 15) is 0 Å². The maximum Gasteiger partial charge on any atom is 0.213 e. The van der Waals surface area contributed by atoms with Crippen molar-refractivity contribution >= 4 is 16.7 Å². The molecule has 2 aromatic rings. The number of anilines is 1. The lowest BCUT2D eigenvalue weighted by atomic mass is 9.78. The molecule has 2 saturated heterocycles. The Morgan fingerprint density at radius 1 is 1.18 bits per heavy atom. The zero-order valence-corrected chi connectivity index (χ0v) is 12.9. The van der Waals surface area contributed by atoms with Gasteiger partial charge in [0, 0.05) is 31.1 Å². The largest absolute Gasteiger partial charge is 0.481 e. The van der Waals surface area contributed by atoms with Crippen LogP contribution in [0.2, 0.25) is 0 Å². The number of methoxy groups -OCH3 is 1. The van der Waals surface area contributed by atoms with Crippen LogP contribution in [0.25, 0.3) is 10.9 Å². The average molecular weight is 299 g/mol. The number of fused-ring (bicyclic) bond motifs is 1. The van der Waals surface area contributed by atoms with Gasteiger partial charge in [-0.1, -0.05) is 0 Å². The summed E-state index contributed by atoms with van der Waals surface area (Å²) in [6, 6.07) is 1.94. The molecule has 0 saturated carbocycles. The van der Waals surface area contributed by atoms with Gasteiger partial charge >= 0.3 is 0 Å². The third-order valence-electron chi connectivity index (χ3n) is 5.14. The van der Waals surface area contributed by atoms with Crippen molar-refractivity contribution in [1.29, 1.82) is 0 Å². The van der Waals surface area contributed by atoms with Gasteiger partial charge in [0.1, 0.15) is 12.1 Å². The highest BCUT2D eigenvalue weighted by molar-refractivity contribution is 5.89. The third kappa shape index (κ3) is 2.27. The van der Waals surface area contributed by atoms with Crippen LogP contribution in [-0.2, 0) is 0 Å². The molecule has 0 radical (unpaired) electrons. The molecule has 0 bridgehead atoms. The Kier molecular flexibility index (Phi) is 3.33.